The van der Waals surface area contributed by atoms with Gasteiger partial charge in [-0.25, -0.2) is 9.37 Å². The number of aromatic nitrogens is 2. The Balaban J connectivity index is 1.53. The van der Waals surface area contributed by atoms with E-state index in [4.69, 9.17) is 10.3 Å². The molecule has 0 unspecified atom stereocenters. The van der Waals surface area contributed by atoms with Crippen molar-refractivity contribution >= 4 is 11.7 Å². The summed E-state index contributed by atoms with van der Waals surface area (Å²) in [4.78, 5) is 23.5. The van der Waals surface area contributed by atoms with Gasteiger partial charge in [-0.15, -0.1) is 0 Å². The number of aryl methyl sites for hydroxylation is 1. The van der Waals surface area contributed by atoms with Gasteiger partial charge < -0.3 is 20.4 Å². The number of carbonyl (C=O) groups excluding carboxylic acids is 1. The lowest BCUT2D eigenvalue weighted by atomic mass is 9.97. The van der Waals surface area contributed by atoms with Gasteiger partial charge >= 0.3 is 0 Å². The lowest BCUT2D eigenvalue weighted by Gasteiger charge is -2.24. The third-order valence-corrected chi connectivity index (χ3v) is 6.56. The van der Waals surface area contributed by atoms with Gasteiger partial charge in [-0.2, -0.15) is 0 Å². The van der Waals surface area contributed by atoms with Crippen LogP contribution in [0.4, 0.5) is 10.2 Å². The number of ether oxygens (including phenoxy) is 1. The first-order valence-electron chi connectivity index (χ1n) is 12.5. The number of benzene rings is 1. The molecule has 0 saturated carbocycles. The highest BCUT2D eigenvalue weighted by Gasteiger charge is 2.20. The lowest BCUT2D eigenvalue weighted by Crippen LogP contribution is -2.30. The summed E-state index contributed by atoms with van der Waals surface area (Å²) in [5.74, 6) is 0.0979. The normalized spacial score (nSPS) is 14.7. The average molecular weight is 506 g/mol. The van der Waals surface area contributed by atoms with Crippen LogP contribution in [0.15, 0.2) is 47.8 Å². The van der Waals surface area contributed by atoms with Gasteiger partial charge in [0.2, 0.25) is 0 Å². The van der Waals surface area contributed by atoms with E-state index in [0.29, 0.717) is 17.3 Å². The van der Waals surface area contributed by atoms with Crippen LogP contribution < -0.4 is 10.6 Å². The summed E-state index contributed by atoms with van der Waals surface area (Å²) in [6.45, 7) is 7.34. The molecule has 0 aliphatic carbocycles. The molecule has 1 fully saturated rings. The highest BCUT2D eigenvalue weighted by Crippen LogP contribution is 2.28. The Kier molecular flexibility index (Phi) is 8.43. The number of hydrogen-bond acceptors (Lipinski definition) is 5. The van der Waals surface area contributed by atoms with Crippen LogP contribution in [0, 0.1) is 12.7 Å². The first-order chi connectivity index (χ1) is 17.8. The van der Waals surface area contributed by atoms with Crippen LogP contribution in [0.25, 0.3) is 21.6 Å². The monoisotopic (exact) mass is 505 g/mol. The van der Waals surface area contributed by atoms with Gasteiger partial charge in [0.15, 0.2) is 0 Å². The molecule has 10 heteroatoms. The maximum Gasteiger partial charge on any atom is 0.268 e. The first-order valence-corrected chi connectivity index (χ1v) is 12.5. The van der Waals surface area contributed by atoms with E-state index in [1.807, 2.05) is 39.1 Å². The van der Waals surface area contributed by atoms with Crippen LogP contribution in [0.5, 0.6) is 0 Å². The summed E-state index contributed by atoms with van der Waals surface area (Å²) < 4.78 is 19.7. The smallest absolute Gasteiger partial charge is 0.268 e. The second kappa shape index (κ2) is 11.9. The van der Waals surface area contributed by atoms with Crippen molar-refractivity contribution in [3.63, 3.8) is 0 Å². The van der Waals surface area contributed by atoms with Crippen LogP contribution in [0.3, 0.4) is 0 Å². The molecule has 1 aromatic carbocycles. The molecule has 1 aliphatic heterocycles. The van der Waals surface area contributed by atoms with E-state index >= 15 is 0 Å². The minimum absolute atomic E-state index is 0.0402. The number of halogens is 1. The molecule has 9 nitrogen and oxygen atoms in total. The van der Waals surface area contributed by atoms with E-state index in [2.05, 4.69) is 30.6 Å². The van der Waals surface area contributed by atoms with Crippen LogP contribution in [0.2, 0.25) is 0 Å². The predicted octanol–water partition coefficient (Wildman–Crippen LogP) is 6.02. The van der Waals surface area contributed by atoms with Gasteiger partial charge in [-0.3, -0.25) is 4.79 Å². The number of carbonyl (C=O) groups is 1. The maximum absolute atomic E-state index is 14.3. The largest absolute Gasteiger partial charge is 0.381 e. The fraction of sp³-hybridized carbons (Fsp3) is 0.407. The number of azide groups is 1. The quantitative estimate of drug-likeness (QED) is 0.187. The number of nitrogens with zero attached hydrogens (tertiary/aromatic N) is 4. The molecule has 1 saturated heterocycles. The van der Waals surface area contributed by atoms with Crippen LogP contribution in [0.1, 0.15) is 65.8 Å². The molecule has 4 rings (SSSR count). The fourth-order valence-electron chi connectivity index (χ4n) is 4.40. The van der Waals surface area contributed by atoms with Crippen LogP contribution >= 0.6 is 0 Å². The van der Waals surface area contributed by atoms with Crippen molar-refractivity contribution in [1.82, 2.24) is 15.3 Å². The summed E-state index contributed by atoms with van der Waals surface area (Å²) in [7, 11) is 0. The maximum atomic E-state index is 14.3. The second-order valence-electron chi connectivity index (χ2n) is 9.63. The van der Waals surface area contributed by atoms with Crippen molar-refractivity contribution in [2.45, 2.75) is 51.6 Å². The number of pyridine rings is 1. The minimum atomic E-state index is -0.679. The molecule has 194 valence electrons. The number of H-pyrrole nitrogens is 1. The molecule has 3 N–H and O–H groups in total. The van der Waals surface area contributed by atoms with Gasteiger partial charge in [-0.1, -0.05) is 25.0 Å². The van der Waals surface area contributed by atoms with Crippen molar-refractivity contribution in [3.8, 4) is 11.1 Å². The van der Waals surface area contributed by atoms with Gasteiger partial charge in [0, 0.05) is 42.1 Å². The Hall–Kier alpha value is -3.88. The molecule has 0 radical (unpaired) electrons. The zero-order valence-corrected chi connectivity index (χ0v) is 21.3. The zero-order valence-electron chi connectivity index (χ0n) is 21.3. The van der Waals surface area contributed by atoms with Crippen LogP contribution in [-0.2, 0) is 4.74 Å². The molecule has 37 heavy (non-hydrogen) atoms. The zero-order chi connectivity index (χ0) is 26.4. The Morgan fingerprint density at radius 1 is 1.24 bits per heavy atom. The van der Waals surface area contributed by atoms with E-state index in [9.17, 15) is 9.18 Å². The van der Waals surface area contributed by atoms with Crippen LogP contribution in [-0.4, -0.2) is 41.7 Å². The third kappa shape index (κ3) is 6.67. The Morgan fingerprint density at radius 3 is 2.73 bits per heavy atom. The number of amides is 1. The number of anilines is 1. The molecule has 0 spiro atoms. The molecular weight excluding hydrogens is 473 g/mol. The molecule has 0 bridgehead atoms. The number of hydrogen-bond donors (Lipinski definition) is 3. The predicted molar refractivity (Wildman–Crippen MR) is 141 cm³/mol. The first kappa shape index (κ1) is 26.2. The third-order valence-electron chi connectivity index (χ3n) is 6.56. The van der Waals surface area contributed by atoms with Crippen molar-refractivity contribution in [2.75, 3.05) is 25.1 Å². The van der Waals surface area contributed by atoms with Gasteiger partial charge in [-0.05, 0) is 77.7 Å². The molecule has 2 aromatic heterocycles. The molecule has 1 amide bonds. The second-order valence-corrected chi connectivity index (χ2v) is 9.63. The molecule has 3 heterocycles. The topological polar surface area (TPSA) is 128 Å². The van der Waals surface area contributed by atoms with E-state index in [1.54, 1.807) is 12.3 Å². The number of rotatable bonds is 9. The van der Waals surface area contributed by atoms with Crippen molar-refractivity contribution in [1.29, 1.82) is 0 Å². The van der Waals surface area contributed by atoms with Gasteiger partial charge in [0.25, 0.3) is 5.91 Å². The number of aromatic amines is 1. The Morgan fingerprint density at radius 2 is 2.00 bits per heavy atom. The lowest BCUT2D eigenvalue weighted by molar-refractivity contribution is 0.0903. The summed E-state index contributed by atoms with van der Waals surface area (Å²) in [6.07, 6.45) is 5.45. The molecule has 1 atom stereocenters. The molecular formula is C27H32FN7O2. The van der Waals surface area contributed by atoms with Crippen molar-refractivity contribution in [3.05, 3.63) is 81.4 Å². The van der Waals surface area contributed by atoms with E-state index in [1.165, 1.54) is 12.1 Å². The summed E-state index contributed by atoms with van der Waals surface area (Å²) in [5, 5.41) is 9.99. The highest BCUT2D eigenvalue weighted by molar-refractivity contribution is 5.94. The summed E-state index contributed by atoms with van der Waals surface area (Å²) in [6, 6.07) is 8.06. The average Bonchev–Trinajstić information content (AvgIpc) is 3.38. The molecule has 3 aromatic rings. The van der Waals surface area contributed by atoms with Crippen molar-refractivity contribution < 1.29 is 13.9 Å². The number of nitrogens with one attached hydrogen (secondary N) is 3. The minimum Gasteiger partial charge on any atom is -0.381 e. The summed E-state index contributed by atoms with van der Waals surface area (Å²) in [5.41, 5.74) is 13.3. The highest BCUT2D eigenvalue weighted by atomic mass is 19.1. The van der Waals surface area contributed by atoms with Gasteiger partial charge in [0.1, 0.15) is 17.3 Å². The summed E-state index contributed by atoms with van der Waals surface area (Å²) >= 11 is 0. The Bertz CT molecular complexity index is 1290. The standard InChI is InChI=1S/C27H32FN7O2/c1-16(2)18-8-19(10-21(28)9-18)25(15-32-35-29)34-27(36)24-11-20(14-30-24)23-12-26(31-13-17(23)3)33-22-4-6-37-7-5-22/h8-14,16,22,25,30H,4-7,15H2,1-3H3,(H,31,33)(H,34,36)/t25-/m1/s1. The fourth-order valence-corrected chi connectivity index (χ4v) is 4.40. The van der Waals surface area contributed by atoms with E-state index in [-0.39, 0.29) is 18.4 Å². The van der Waals surface area contributed by atoms with E-state index in [0.717, 1.165) is 54.1 Å². The van der Waals surface area contributed by atoms with E-state index < -0.39 is 11.9 Å². The molecule has 1 aliphatic rings. The van der Waals surface area contributed by atoms with Crippen molar-refractivity contribution in [2.24, 2.45) is 5.11 Å². The SMILES string of the molecule is Cc1cnc(NC2CCOCC2)cc1-c1c[nH]c(C(=O)N[C@H](CN=[N+]=[N-])c2cc(F)cc(C(C)C)c2)c1. The van der Waals surface area contributed by atoms with Gasteiger partial charge in [0.05, 0.1) is 12.6 Å². The Labute approximate surface area is 215 Å².